The molecule has 0 saturated heterocycles. The van der Waals surface area contributed by atoms with Gasteiger partial charge in [0, 0.05) is 17.3 Å². The maximum atomic E-state index is 14.0. The predicted molar refractivity (Wildman–Crippen MR) is 136 cm³/mol. The first-order chi connectivity index (χ1) is 17.9. The summed E-state index contributed by atoms with van der Waals surface area (Å²) in [5.74, 6) is 0.666. The number of ether oxygens (including phenoxy) is 2. The van der Waals surface area contributed by atoms with Crippen LogP contribution in [0.1, 0.15) is 39.0 Å². The molecule has 4 aromatic rings. The highest BCUT2D eigenvalue weighted by Crippen LogP contribution is 2.37. The third kappa shape index (κ3) is 5.00. The minimum absolute atomic E-state index is 0.142. The van der Waals surface area contributed by atoms with Crippen molar-refractivity contribution >= 4 is 28.5 Å². The molecule has 0 radical (unpaired) electrons. The number of para-hydroxylation sites is 1. The van der Waals surface area contributed by atoms with E-state index < -0.39 is 11.6 Å². The van der Waals surface area contributed by atoms with Crippen molar-refractivity contribution in [2.45, 2.75) is 45.3 Å². The summed E-state index contributed by atoms with van der Waals surface area (Å²) < 4.78 is 18.6. The number of amides is 2. The summed E-state index contributed by atoms with van der Waals surface area (Å²) in [6, 6.07) is 14.9. The number of nitrogens with one attached hydrogen (secondary N) is 1. The van der Waals surface area contributed by atoms with Crippen LogP contribution in [0.25, 0.3) is 11.0 Å². The van der Waals surface area contributed by atoms with Crippen LogP contribution < -0.4 is 19.7 Å². The quantitative estimate of drug-likeness (QED) is 0.388. The Labute approximate surface area is 214 Å². The average Bonchev–Trinajstić information content (AvgIpc) is 3.57. The highest BCUT2D eigenvalue weighted by atomic mass is 16.6. The molecule has 0 saturated carbocycles. The van der Waals surface area contributed by atoms with Gasteiger partial charge in [0.05, 0.1) is 11.8 Å². The van der Waals surface area contributed by atoms with E-state index in [0.717, 1.165) is 0 Å². The summed E-state index contributed by atoms with van der Waals surface area (Å²) in [4.78, 5) is 29.3. The van der Waals surface area contributed by atoms with Crippen molar-refractivity contribution in [1.29, 1.82) is 0 Å². The average molecular weight is 504 g/mol. The van der Waals surface area contributed by atoms with Gasteiger partial charge in [0.15, 0.2) is 17.5 Å². The molecule has 10 heteroatoms. The summed E-state index contributed by atoms with van der Waals surface area (Å²) in [5, 5.41) is 11.4. The van der Waals surface area contributed by atoms with Crippen LogP contribution in [-0.4, -0.2) is 45.6 Å². The SMILES string of the molecule is CCC(C)(C)NC(=O)[C@@H](c1ccco1)N(C(=O)Cn1nnc2ccccc21)c1ccc2c(c1)OCCO2. The van der Waals surface area contributed by atoms with Crippen LogP contribution in [-0.2, 0) is 16.1 Å². The molecule has 192 valence electrons. The molecule has 37 heavy (non-hydrogen) atoms. The zero-order valence-corrected chi connectivity index (χ0v) is 21.0. The van der Waals surface area contributed by atoms with E-state index in [1.807, 2.05) is 45.0 Å². The largest absolute Gasteiger partial charge is 0.486 e. The van der Waals surface area contributed by atoms with Gasteiger partial charge in [-0.1, -0.05) is 24.3 Å². The Bertz CT molecular complexity index is 1410. The predicted octanol–water partition coefficient (Wildman–Crippen LogP) is 3.87. The number of carbonyl (C=O) groups is 2. The molecule has 5 rings (SSSR count). The lowest BCUT2D eigenvalue weighted by atomic mass is 10.0. The van der Waals surface area contributed by atoms with Gasteiger partial charge in [-0.2, -0.15) is 0 Å². The number of hydrogen-bond donors (Lipinski definition) is 1. The molecule has 0 fully saturated rings. The molecule has 3 heterocycles. The molecule has 0 unspecified atom stereocenters. The molecule has 1 aliphatic rings. The van der Waals surface area contributed by atoms with E-state index in [0.29, 0.717) is 53.6 Å². The number of benzene rings is 2. The fourth-order valence-corrected chi connectivity index (χ4v) is 4.17. The van der Waals surface area contributed by atoms with Crippen LogP contribution in [0.5, 0.6) is 11.5 Å². The highest BCUT2D eigenvalue weighted by Gasteiger charge is 2.37. The second kappa shape index (κ2) is 9.96. The van der Waals surface area contributed by atoms with E-state index in [1.165, 1.54) is 15.8 Å². The number of carbonyl (C=O) groups excluding carboxylic acids is 2. The van der Waals surface area contributed by atoms with Crippen molar-refractivity contribution in [1.82, 2.24) is 20.3 Å². The fraction of sp³-hybridized carbons (Fsp3) is 0.333. The first-order valence-electron chi connectivity index (χ1n) is 12.2. The molecule has 2 aromatic heterocycles. The second-order valence-electron chi connectivity index (χ2n) is 9.47. The standard InChI is InChI=1S/C27H29N5O5/c1-4-27(2,3)28-26(34)25(22-10-7-13-35-22)32(18-11-12-21-23(16-18)37-15-14-36-21)24(33)17-31-20-9-6-5-8-19(20)29-30-31/h5-13,16,25H,4,14-15,17H2,1-3H3,(H,28,34)/t25-/m1/s1. The zero-order valence-electron chi connectivity index (χ0n) is 21.0. The van der Waals surface area contributed by atoms with Gasteiger partial charge in [-0.25, -0.2) is 4.68 Å². The zero-order chi connectivity index (χ0) is 26.0. The molecule has 2 amide bonds. The summed E-state index contributed by atoms with van der Waals surface area (Å²) in [6.07, 6.45) is 2.19. The summed E-state index contributed by atoms with van der Waals surface area (Å²) in [5.41, 5.74) is 1.35. The van der Waals surface area contributed by atoms with E-state index in [-0.39, 0.29) is 18.4 Å². The Morgan fingerprint density at radius 3 is 2.62 bits per heavy atom. The number of nitrogens with zero attached hydrogens (tertiary/aromatic N) is 4. The topological polar surface area (TPSA) is 112 Å². The van der Waals surface area contributed by atoms with Crippen LogP contribution in [0.15, 0.2) is 65.3 Å². The van der Waals surface area contributed by atoms with Gasteiger partial charge in [0.25, 0.3) is 5.91 Å². The Morgan fingerprint density at radius 1 is 1.08 bits per heavy atom. The van der Waals surface area contributed by atoms with Crippen LogP contribution in [0.3, 0.4) is 0 Å². The molecule has 1 atom stereocenters. The van der Waals surface area contributed by atoms with E-state index >= 15 is 0 Å². The molecule has 2 aromatic carbocycles. The molecular weight excluding hydrogens is 474 g/mol. The summed E-state index contributed by atoms with van der Waals surface area (Å²) in [7, 11) is 0. The fourth-order valence-electron chi connectivity index (χ4n) is 4.17. The lowest BCUT2D eigenvalue weighted by Gasteiger charge is -2.33. The van der Waals surface area contributed by atoms with Gasteiger partial charge in [0.1, 0.15) is 31.0 Å². The second-order valence-corrected chi connectivity index (χ2v) is 9.47. The van der Waals surface area contributed by atoms with Crippen molar-refractivity contribution in [2.75, 3.05) is 18.1 Å². The lowest BCUT2D eigenvalue weighted by molar-refractivity contribution is -0.128. The third-order valence-corrected chi connectivity index (χ3v) is 6.44. The van der Waals surface area contributed by atoms with E-state index in [2.05, 4.69) is 15.6 Å². The van der Waals surface area contributed by atoms with Crippen LogP contribution in [0.2, 0.25) is 0 Å². The first kappa shape index (κ1) is 24.4. The Balaban J connectivity index is 1.59. The van der Waals surface area contributed by atoms with Crippen molar-refractivity contribution in [3.8, 4) is 11.5 Å². The van der Waals surface area contributed by atoms with Gasteiger partial charge >= 0.3 is 0 Å². The molecule has 1 N–H and O–H groups in total. The van der Waals surface area contributed by atoms with Gasteiger partial charge in [0.2, 0.25) is 5.91 Å². The maximum Gasteiger partial charge on any atom is 0.251 e. The number of rotatable bonds is 8. The Morgan fingerprint density at radius 2 is 1.86 bits per heavy atom. The van der Waals surface area contributed by atoms with Crippen molar-refractivity contribution in [2.24, 2.45) is 0 Å². The van der Waals surface area contributed by atoms with Gasteiger partial charge in [-0.05, 0) is 56.7 Å². The van der Waals surface area contributed by atoms with Crippen LogP contribution in [0, 0.1) is 0 Å². The molecule has 0 bridgehead atoms. The summed E-state index contributed by atoms with van der Waals surface area (Å²) >= 11 is 0. The monoisotopic (exact) mass is 503 g/mol. The number of furan rings is 1. The number of anilines is 1. The molecule has 10 nitrogen and oxygen atoms in total. The number of fused-ring (bicyclic) bond motifs is 2. The Kier molecular flexibility index (Phi) is 6.56. The number of hydrogen-bond acceptors (Lipinski definition) is 7. The van der Waals surface area contributed by atoms with Gasteiger partial charge in [-0.3, -0.25) is 14.5 Å². The minimum Gasteiger partial charge on any atom is -0.486 e. The lowest BCUT2D eigenvalue weighted by Crippen LogP contribution is -2.51. The summed E-state index contributed by atoms with van der Waals surface area (Å²) in [6.45, 7) is 6.54. The Hall–Kier alpha value is -4.34. The van der Waals surface area contributed by atoms with Crippen molar-refractivity contribution < 1.29 is 23.5 Å². The molecule has 0 spiro atoms. The first-order valence-corrected chi connectivity index (χ1v) is 12.2. The minimum atomic E-state index is -1.08. The van der Waals surface area contributed by atoms with Gasteiger partial charge in [-0.15, -0.1) is 5.10 Å². The van der Waals surface area contributed by atoms with Crippen molar-refractivity contribution in [3.05, 3.63) is 66.6 Å². The van der Waals surface area contributed by atoms with Crippen molar-refractivity contribution in [3.63, 3.8) is 0 Å². The van der Waals surface area contributed by atoms with Gasteiger partial charge < -0.3 is 19.2 Å². The molecular formula is C27H29N5O5. The number of aromatic nitrogens is 3. The molecule has 1 aliphatic heterocycles. The normalized spacial score (nSPS) is 13.8. The van der Waals surface area contributed by atoms with E-state index in [4.69, 9.17) is 13.9 Å². The van der Waals surface area contributed by atoms with E-state index in [1.54, 1.807) is 30.3 Å². The smallest absolute Gasteiger partial charge is 0.251 e. The third-order valence-electron chi connectivity index (χ3n) is 6.44. The highest BCUT2D eigenvalue weighted by molar-refractivity contribution is 6.01. The molecule has 0 aliphatic carbocycles. The van der Waals surface area contributed by atoms with E-state index in [9.17, 15) is 9.59 Å². The maximum absolute atomic E-state index is 14.0. The van der Waals surface area contributed by atoms with Crippen LogP contribution >= 0.6 is 0 Å². The van der Waals surface area contributed by atoms with Crippen LogP contribution in [0.4, 0.5) is 5.69 Å².